The van der Waals surface area contributed by atoms with Gasteiger partial charge in [-0.25, -0.2) is 9.48 Å². The molecule has 0 saturated heterocycles. The van der Waals surface area contributed by atoms with Gasteiger partial charge in [-0.3, -0.25) is 0 Å². The van der Waals surface area contributed by atoms with Crippen molar-refractivity contribution >= 4 is 53.0 Å². The lowest BCUT2D eigenvalue weighted by Crippen LogP contribution is -2.10. The normalized spacial score (nSPS) is 12.0. The van der Waals surface area contributed by atoms with Gasteiger partial charge in [-0.15, -0.1) is 11.8 Å². The van der Waals surface area contributed by atoms with E-state index in [9.17, 15) is 18.0 Å². The minimum Gasteiger partial charge on any atom is -0.383 e. The molecule has 0 unspecified atom stereocenters. The van der Waals surface area contributed by atoms with Crippen LogP contribution < -0.4 is 5.73 Å². The van der Waals surface area contributed by atoms with Crippen molar-refractivity contribution in [1.82, 2.24) is 9.78 Å². The average molecular weight is 427 g/mol. The van der Waals surface area contributed by atoms with E-state index in [1.807, 2.05) is 0 Å². The van der Waals surface area contributed by atoms with E-state index in [1.54, 1.807) is 6.26 Å². The quantitative estimate of drug-likeness (QED) is 0.339. The molecule has 0 aliphatic heterocycles. The molecule has 2 N–H and O–H groups in total. The van der Waals surface area contributed by atoms with Crippen LogP contribution in [0.5, 0.6) is 0 Å². The number of halogens is 5. The minimum atomic E-state index is -4.68. The Balaban J connectivity index is 2.65. The summed E-state index contributed by atoms with van der Waals surface area (Å²) in [5.41, 5.74) is 4.86. The Kier molecular flexibility index (Phi) is 6.09. The number of carbonyl (C=O) groups excluding carboxylic acids is 1. The molecule has 0 aliphatic carbocycles. The van der Waals surface area contributed by atoms with Crippen LogP contribution in [0.25, 0.3) is 5.69 Å². The van der Waals surface area contributed by atoms with E-state index in [1.165, 1.54) is 11.8 Å². The Hall–Kier alpha value is -1.91. The van der Waals surface area contributed by atoms with E-state index in [2.05, 4.69) is 15.1 Å². The van der Waals surface area contributed by atoms with Crippen LogP contribution in [0.2, 0.25) is 10.0 Å². The van der Waals surface area contributed by atoms with E-state index in [0.29, 0.717) is 4.90 Å². The van der Waals surface area contributed by atoms with Crippen molar-refractivity contribution in [2.75, 3.05) is 12.0 Å². The lowest BCUT2D eigenvalue weighted by molar-refractivity contribution is -0.141. The summed E-state index contributed by atoms with van der Waals surface area (Å²) in [6.07, 6.45) is -1.90. The second-order valence-corrected chi connectivity index (χ2v) is 6.39. The molecule has 0 saturated carbocycles. The van der Waals surface area contributed by atoms with Gasteiger partial charge in [0.25, 0.3) is 0 Å². The molecule has 12 heteroatoms. The fraction of sp³-hybridized carbons (Fsp3) is 0.214. The first-order valence-electron chi connectivity index (χ1n) is 6.77. The lowest BCUT2D eigenvalue weighted by Gasteiger charge is -2.14. The number of aromatic nitrogens is 2. The van der Waals surface area contributed by atoms with Crippen molar-refractivity contribution in [1.29, 1.82) is 0 Å². The van der Waals surface area contributed by atoms with Gasteiger partial charge in [0.15, 0.2) is 0 Å². The number of anilines is 1. The summed E-state index contributed by atoms with van der Waals surface area (Å²) in [5.74, 6) is -0.645. The van der Waals surface area contributed by atoms with Crippen LogP contribution in [-0.4, -0.2) is 28.2 Å². The highest BCUT2D eigenvalue weighted by Crippen LogP contribution is 2.42. The zero-order valence-electron chi connectivity index (χ0n) is 13.3. The maximum absolute atomic E-state index is 13.1. The van der Waals surface area contributed by atoms with Gasteiger partial charge in [0.1, 0.15) is 17.2 Å². The summed E-state index contributed by atoms with van der Waals surface area (Å²) >= 11 is 13.1. The van der Waals surface area contributed by atoms with Crippen molar-refractivity contribution in [3.05, 3.63) is 33.4 Å². The third kappa shape index (κ3) is 4.08. The van der Waals surface area contributed by atoms with Crippen LogP contribution in [0.1, 0.15) is 18.2 Å². The van der Waals surface area contributed by atoms with E-state index < -0.39 is 22.7 Å². The van der Waals surface area contributed by atoms with Gasteiger partial charge in [0.2, 0.25) is 0 Å². The molecule has 0 atom stereocenters. The second-order valence-electron chi connectivity index (χ2n) is 4.79. The van der Waals surface area contributed by atoms with Crippen molar-refractivity contribution in [2.45, 2.75) is 18.0 Å². The SMILES string of the molecule is CSc1c(C=NOC(C)=O)nn(-c2c(Cl)ccc(C(F)(F)F)c2Cl)c1N. The number of thioether (sulfide) groups is 1. The molecule has 2 rings (SSSR count). The summed E-state index contributed by atoms with van der Waals surface area (Å²) in [5, 5.41) is 6.80. The number of rotatable bonds is 4. The molecule has 140 valence electrons. The summed E-state index contributed by atoms with van der Waals surface area (Å²) in [6.45, 7) is 1.15. The maximum atomic E-state index is 13.1. The highest BCUT2D eigenvalue weighted by molar-refractivity contribution is 7.98. The molecule has 0 radical (unpaired) electrons. The van der Waals surface area contributed by atoms with Crippen LogP contribution in [0, 0.1) is 0 Å². The molecule has 26 heavy (non-hydrogen) atoms. The standard InChI is InChI=1S/C14H11Cl2F3N4O2S/c1-6(24)25-21-5-9-12(26-2)13(20)23(22-9)11-8(15)4-3-7(10(11)16)14(17,18)19/h3-5H,20H2,1-2H3. The van der Waals surface area contributed by atoms with E-state index >= 15 is 0 Å². The number of alkyl halides is 3. The van der Waals surface area contributed by atoms with Gasteiger partial charge in [-0.05, 0) is 18.4 Å². The van der Waals surface area contributed by atoms with E-state index in [4.69, 9.17) is 28.9 Å². The molecular weight excluding hydrogens is 416 g/mol. The van der Waals surface area contributed by atoms with E-state index in [-0.39, 0.29) is 22.2 Å². The second kappa shape index (κ2) is 7.77. The van der Waals surface area contributed by atoms with Crippen molar-refractivity contribution in [3.8, 4) is 5.69 Å². The Morgan fingerprint density at radius 2 is 2.08 bits per heavy atom. The molecule has 0 bridgehead atoms. The van der Waals surface area contributed by atoms with E-state index in [0.717, 1.165) is 30.0 Å². The first-order valence-corrected chi connectivity index (χ1v) is 8.75. The molecule has 0 amide bonds. The zero-order chi connectivity index (χ0) is 19.6. The number of nitrogens with two attached hydrogens (primary N) is 1. The number of carbonyl (C=O) groups is 1. The number of oxime groups is 1. The molecule has 0 aliphatic rings. The third-order valence-electron chi connectivity index (χ3n) is 3.05. The molecule has 2 aromatic rings. The minimum absolute atomic E-state index is 0.00454. The maximum Gasteiger partial charge on any atom is 0.417 e. The fourth-order valence-corrected chi connectivity index (χ4v) is 3.24. The van der Waals surface area contributed by atoms with Crippen LogP contribution in [-0.2, 0) is 15.8 Å². The number of benzene rings is 1. The monoisotopic (exact) mass is 426 g/mol. The van der Waals surface area contributed by atoms with Crippen molar-refractivity contribution in [3.63, 3.8) is 0 Å². The third-order valence-corrected chi connectivity index (χ3v) is 4.56. The predicted molar refractivity (Wildman–Crippen MR) is 94.1 cm³/mol. The van der Waals surface area contributed by atoms with Gasteiger partial charge in [0.05, 0.1) is 26.7 Å². The fourth-order valence-electron chi connectivity index (χ4n) is 2.00. The molecule has 6 nitrogen and oxygen atoms in total. The number of nitrogen functional groups attached to an aromatic ring is 1. The van der Waals surface area contributed by atoms with Crippen LogP contribution in [0.15, 0.2) is 22.2 Å². The summed E-state index contributed by atoms with van der Waals surface area (Å²) in [6, 6.07) is 1.82. The Morgan fingerprint density at radius 3 is 2.62 bits per heavy atom. The topological polar surface area (TPSA) is 82.5 Å². The number of hydrogen-bond donors (Lipinski definition) is 1. The molecule has 0 spiro atoms. The Labute approximate surface area is 160 Å². The molecule has 1 aromatic carbocycles. The first-order chi connectivity index (χ1) is 12.1. The summed E-state index contributed by atoms with van der Waals surface area (Å²) < 4.78 is 40.3. The molecular formula is C14H11Cl2F3N4O2S. The molecule has 0 fully saturated rings. The highest BCUT2D eigenvalue weighted by atomic mass is 35.5. The molecule has 1 aromatic heterocycles. The predicted octanol–water partition coefficient (Wildman–Crippen LogP) is 4.40. The van der Waals surface area contributed by atoms with Gasteiger partial charge in [-0.2, -0.15) is 18.3 Å². The first kappa shape index (κ1) is 20.4. The van der Waals surface area contributed by atoms with Crippen LogP contribution >= 0.6 is 35.0 Å². The molecule has 1 heterocycles. The van der Waals surface area contributed by atoms with Gasteiger partial charge in [-0.1, -0.05) is 28.4 Å². The van der Waals surface area contributed by atoms with Crippen molar-refractivity contribution < 1.29 is 22.8 Å². The summed E-state index contributed by atoms with van der Waals surface area (Å²) in [4.78, 5) is 15.6. The highest BCUT2D eigenvalue weighted by Gasteiger charge is 2.35. The number of nitrogens with zero attached hydrogens (tertiary/aromatic N) is 3. The zero-order valence-corrected chi connectivity index (χ0v) is 15.6. The van der Waals surface area contributed by atoms with Crippen molar-refractivity contribution in [2.24, 2.45) is 5.16 Å². The average Bonchev–Trinajstić information content (AvgIpc) is 2.81. The van der Waals surface area contributed by atoms with Gasteiger partial charge in [0, 0.05) is 6.92 Å². The van der Waals surface area contributed by atoms with Gasteiger partial charge >= 0.3 is 12.1 Å². The van der Waals surface area contributed by atoms with Crippen LogP contribution in [0.4, 0.5) is 19.0 Å². The number of hydrogen-bond acceptors (Lipinski definition) is 6. The van der Waals surface area contributed by atoms with Crippen LogP contribution in [0.3, 0.4) is 0 Å². The van der Waals surface area contributed by atoms with Gasteiger partial charge < -0.3 is 10.6 Å². The summed E-state index contributed by atoms with van der Waals surface area (Å²) in [7, 11) is 0. The lowest BCUT2D eigenvalue weighted by atomic mass is 10.2. The Bertz CT molecular complexity index is 884. The largest absolute Gasteiger partial charge is 0.417 e. The smallest absolute Gasteiger partial charge is 0.383 e. The Morgan fingerprint density at radius 1 is 1.42 bits per heavy atom.